The monoisotopic (exact) mass is 389 g/mol. The molecule has 2 N–H and O–H groups in total. The third kappa shape index (κ3) is 4.20. The summed E-state index contributed by atoms with van der Waals surface area (Å²) in [5.41, 5.74) is 3.04. The first kappa shape index (κ1) is 19.2. The average Bonchev–Trinajstić information content (AvgIpc) is 3.10. The Hall–Kier alpha value is -3.62. The van der Waals surface area contributed by atoms with Crippen molar-refractivity contribution in [2.45, 2.75) is 13.1 Å². The SMILES string of the molecule is Cc1c(C(=O)O)cccc1-c1ccc(/C=N\Nc2ccc(C(F)(F)F)cn2)o1. The average molecular weight is 389 g/mol. The number of aromatic nitrogens is 1. The second kappa shape index (κ2) is 7.55. The Kier molecular flexibility index (Phi) is 5.16. The van der Waals surface area contributed by atoms with Crippen molar-refractivity contribution in [3.63, 3.8) is 0 Å². The quantitative estimate of drug-likeness (QED) is 0.483. The molecule has 0 fully saturated rings. The minimum absolute atomic E-state index is 0.140. The van der Waals surface area contributed by atoms with Crippen LogP contribution in [0.5, 0.6) is 0 Å². The van der Waals surface area contributed by atoms with Crippen LogP contribution in [0.25, 0.3) is 11.3 Å². The van der Waals surface area contributed by atoms with E-state index in [0.717, 1.165) is 12.1 Å². The Labute approximate surface area is 157 Å². The number of halogens is 3. The predicted octanol–water partition coefficient (Wildman–Crippen LogP) is 4.81. The highest BCUT2D eigenvalue weighted by Gasteiger charge is 2.30. The molecule has 2 aromatic heterocycles. The maximum absolute atomic E-state index is 12.5. The van der Waals surface area contributed by atoms with E-state index in [1.165, 1.54) is 12.3 Å². The van der Waals surface area contributed by atoms with E-state index in [1.807, 2.05) is 0 Å². The number of carbonyl (C=O) groups is 1. The molecule has 9 heteroatoms. The Morgan fingerprint density at radius 3 is 2.64 bits per heavy atom. The summed E-state index contributed by atoms with van der Waals surface area (Å²) in [5.74, 6) is -0.0498. The first-order valence-corrected chi connectivity index (χ1v) is 8.01. The van der Waals surface area contributed by atoms with Gasteiger partial charge in [-0.05, 0) is 42.8 Å². The number of furan rings is 1. The number of nitrogens with zero attached hydrogens (tertiary/aromatic N) is 2. The number of benzene rings is 1. The Bertz CT molecular complexity index is 1020. The van der Waals surface area contributed by atoms with Crippen LogP contribution in [0.3, 0.4) is 0 Å². The lowest BCUT2D eigenvalue weighted by atomic mass is 10.0. The number of carboxylic acid groups (broad SMARTS) is 1. The highest BCUT2D eigenvalue weighted by molar-refractivity contribution is 5.91. The van der Waals surface area contributed by atoms with Gasteiger partial charge in [0.05, 0.1) is 17.3 Å². The lowest BCUT2D eigenvalue weighted by molar-refractivity contribution is -0.137. The zero-order chi connectivity index (χ0) is 20.3. The first-order valence-electron chi connectivity index (χ1n) is 8.01. The zero-order valence-corrected chi connectivity index (χ0v) is 14.5. The summed E-state index contributed by atoms with van der Waals surface area (Å²) in [6, 6.07) is 10.2. The molecule has 0 spiro atoms. The smallest absolute Gasteiger partial charge is 0.417 e. The van der Waals surface area contributed by atoms with Crippen LogP contribution in [0.2, 0.25) is 0 Å². The van der Waals surface area contributed by atoms with Crippen LogP contribution >= 0.6 is 0 Å². The topological polar surface area (TPSA) is 87.7 Å². The minimum atomic E-state index is -4.45. The molecule has 3 rings (SSSR count). The van der Waals surface area contributed by atoms with Crippen LogP contribution < -0.4 is 5.43 Å². The van der Waals surface area contributed by atoms with Crippen molar-refractivity contribution in [3.05, 3.63) is 71.1 Å². The largest absolute Gasteiger partial charge is 0.478 e. The third-order valence-corrected chi connectivity index (χ3v) is 3.92. The van der Waals surface area contributed by atoms with Gasteiger partial charge in [0.1, 0.15) is 17.3 Å². The van der Waals surface area contributed by atoms with Crippen LogP contribution in [0.1, 0.15) is 27.2 Å². The molecule has 0 saturated carbocycles. The van der Waals surface area contributed by atoms with Crippen LogP contribution in [0.15, 0.2) is 58.2 Å². The molecule has 0 saturated heterocycles. The van der Waals surface area contributed by atoms with E-state index in [1.54, 1.807) is 31.2 Å². The van der Waals surface area contributed by atoms with Gasteiger partial charge in [0.25, 0.3) is 0 Å². The molecule has 0 amide bonds. The van der Waals surface area contributed by atoms with E-state index in [0.29, 0.717) is 28.8 Å². The summed E-state index contributed by atoms with van der Waals surface area (Å²) in [7, 11) is 0. The van der Waals surface area contributed by atoms with Gasteiger partial charge >= 0.3 is 12.1 Å². The third-order valence-electron chi connectivity index (χ3n) is 3.92. The maximum atomic E-state index is 12.5. The summed E-state index contributed by atoms with van der Waals surface area (Å²) in [6.07, 6.45) is -2.41. The lowest BCUT2D eigenvalue weighted by Gasteiger charge is -2.06. The fourth-order valence-electron chi connectivity index (χ4n) is 2.49. The highest BCUT2D eigenvalue weighted by Crippen LogP contribution is 2.29. The van der Waals surface area contributed by atoms with E-state index in [-0.39, 0.29) is 11.4 Å². The zero-order valence-electron chi connectivity index (χ0n) is 14.5. The Balaban J connectivity index is 1.71. The molecule has 28 heavy (non-hydrogen) atoms. The van der Waals surface area contributed by atoms with Gasteiger partial charge in [0.2, 0.25) is 0 Å². The number of aromatic carboxylic acids is 1. The van der Waals surface area contributed by atoms with Gasteiger partial charge < -0.3 is 9.52 Å². The molecule has 3 aromatic rings. The molecule has 0 aliphatic rings. The normalized spacial score (nSPS) is 11.7. The highest BCUT2D eigenvalue weighted by atomic mass is 19.4. The van der Waals surface area contributed by atoms with Gasteiger partial charge in [0, 0.05) is 11.8 Å². The molecule has 1 aromatic carbocycles. The molecular formula is C19H14F3N3O3. The van der Waals surface area contributed by atoms with E-state index < -0.39 is 17.7 Å². The predicted molar refractivity (Wildman–Crippen MR) is 96.3 cm³/mol. The number of carboxylic acids is 1. The fourth-order valence-corrected chi connectivity index (χ4v) is 2.49. The molecule has 0 bridgehead atoms. The molecule has 6 nitrogen and oxygen atoms in total. The van der Waals surface area contributed by atoms with Crippen molar-refractivity contribution in [3.8, 4) is 11.3 Å². The molecule has 2 heterocycles. The second-order valence-electron chi connectivity index (χ2n) is 5.79. The van der Waals surface area contributed by atoms with Crippen molar-refractivity contribution in [2.24, 2.45) is 5.10 Å². The molecule has 0 unspecified atom stereocenters. The summed E-state index contributed by atoms with van der Waals surface area (Å²) >= 11 is 0. The number of pyridine rings is 1. The van der Waals surface area contributed by atoms with Crippen molar-refractivity contribution >= 4 is 18.0 Å². The van der Waals surface area contributed by atoms with Gasteiger partial charge in [-0.3, -0.25) is 5.43 Å². The number of nitrogens with one attached hydrogen (secondary N) is 1. The number of hydrazone groups is 1. The van der Waals surface area contributed by atoms with Crippen molar-refractivity contribution in [2.75, 3.05) is 5.43 Å². The van der Waals surface area contributed by atoms with Crippen LogP contribution in [0, 0.1) is 6.92 Å². The standard InChI is InChI=1S/C19H14F3N3O3/c1-11-14(3-2-4-15(11)18(26)27)16-7-6-13(28-16)10-24-25-17-8-5-12(9-23-17)19(20,21)22/h2-10H,1H3,(H,23,25)(H,26,27)/b24-10-. The second-order valence-corrected chi connectivity index (χ2v) is 5.79. The summed E-state index contributed by atoms with van der Waals surface area (Å²) < 4.78 is 43.1. The van der Waals surface area contributed by atoms with E-state index in [2.05, 4.69) is 15.5 Å². The van der Waals surface area contributed by atoms with Crippen molar-refractivity contribution in [1.29, 1.82) is 0 Å². The number of hydrogen-bond acceptors (Lipinski definition) is 5. The molecular weight excluding hydrogens is 375 g/mol. The van der Waals surface area contributed by atoms with Crippen molar-refractivity contribution < 1.29 is 27.5 Å². The van der Waals surface area contributed by atoms with Gasteiger partial charge in [-0.15, -0.1) is 0 Å². The van der Waals surface area contributed by atoms with Gasteiger partial charge in [-0.2, -0.15) is 18.3 Å². The van der Waals surface area contributed by atoms with Crippen LogP contribution in [-0.2, 0) is 6.18 Å². The number of rotatable bonds is 5. The maximum Gasteiger partial charge on any atom is 0.417 e. The molecule has 0 aliphatic carbocycles. The van der Waals surface area contributed by atoms with Crippen LogP contribution in [-0.4, -0.2) is 22.3 Å². The Morgan fingerprint density at radius 2 is 2.00 bits per heavy atom. The van der Waals surface area contributed by atoms with Crippen molar-refractivity contribution in [1.82, 2.24) is 4.98 Å². The van der Waals surface area contributed by atoms with E-state index in [9.17, 15) is 23.1 Å². The summed E-state index contributed by atoms with van der Waals surface area (Å²) in [6.45, 7) is 1.69. The minimum Gasteiger partial charge on any atom is -0.478 e. The lowest BCUT2D eigenvalue weighted by Crippen LogP contribution is -2.05. The molecule has 0 atom stereocenters. The van der Waals surface area contributed by atoms with Gasteiger partial charge in [-0.1, -0.05) is 12.1 Å². The van der Waals surface area contributed by atoms with E-state index >= 15 is 0 Å². The summed E-state index contributed by atoms with van der Waals surface area (Å²) in [5, 5.41) is 13.1. The summed E-state index contributed by atoms with van der Waals surface area (Å²) in [4.78, 5) is 14.9. The van der Waals surface area contributed by atoms with Crippen LogP contribution in [0.4, 0.5) is 19.0 Å². The molecule has 0 aliphatic heterocycles. The Morgan fingerprint density at radius 1 is 1.21 bits per heavy atom. The van der Waals surface area contributed by atoms with Gasteiger partial charge in [-0.25, -0.2) is 9.78 Å². The number of hydrogen-bond donors (Lipinski definition) is 2. The fraction of sp³-hybridized carbons (Fsp3) is 0.105. The van der Waals surface area contributed by atoms with Gasteiger partial charge in [0.15, 0.2) is 0 Å². The molecule has 0 radical (unpaired) electrons. The molecule has 144 valence electrons. The first-order chi connectivity index (χ1) is 13.3. The van der Waals surface area contributed by atoms with E-state index in [4.69, 9.17) is 4.42 Å². The number of alkyl halides is 3. The number of anilines is 1.